The molecular weight excluding hydrogens is 400 g/mol. The van der Waals surface area contributed by atoms with Crippen molar-refractivity contribution < 1.29 is 19.2 Å². The van der Waals surface area contributed by atoms with Gasteiger partial charge < -0.3 is 19.3 Å². The molecule has 0 atom stereocenters. The van der Waals surface area contributed by atoms with Crippen molar-refractivity contribution in [2.45, 2.75) is 52.2 Å². The van der Waals surface area contributed by atoms with Crippen molar-refractivity contribution in [3.05, 3.63) is 27.8 Å². The summed E-state index contributed by atoms with van der Waals surface area (Å²) in [4.78, 5) is 29.7. The van der Waals surface area contributed by atoms with Gasteiger partial charge in [0.25, 0.3) is 0 Å². The van der Waals surface area contributed by atoms with Gasteiger partial charge >= 0.3 is 11.8 Å². The van der Waals surface area contributed by atoms with Crippen LogP contribution < -0.4 is 9.64 Å². The van der Waals surface area contributed by atoms with Gasteiger partial charge in [0.15, 0.2) is 5.75 Å². The second kappa shape index (κ2) is 9.30. The maximum absolute atomic E-state index is 12.3. The summed E-state index contributed by atoms with van der Waals surface area (Å²) in [6.07, 6.45) is 1.81. The molecule has 2 heterocycles. The third kappa shape index (κ3) is 5.58. The molecule has 2 fully saturated rings. The van der Waals surface area contributed by atoms with Crippen LogP contribution in [-0.4, -0.2) is 78.8 Å². The molecule has 0 bridgehead atoms. The molecule has 9 nitrogen and oxygen atoms in total. The summed E-state index contributed by atoms with van der Waals surface area (Å²) in [6, 6.07) is 3.86. The van der Waals surface area contributed by atoms with Crippen LogP contribution in [0.5, 0.6) is 5.75 Å². The van der Waals surface area contributed by atoms with Crippen molar-refractivity contribution in [1.29, 1.82) is 0 Å². The molecule has 1 aromatic carbocycles. The van der Waals surface area contributed by atoms with Crippen molar-refractivity contribution in [1.82, 2.24) is 9.80 Å². The molecule has 2 saturated heterocycles. The Bertz CT molecular complexity index is 807. The number of ether oxygens (including phenoxy) is 2. The highest BCUT2D eigenvalue weighted by atomic mass is 16.6. The zero-order valence-electron chi connectivity index (χ0n) is 19.2. The highest BCUT2D eigenvalue weighted by Crippen LogP contribution is 2.36. The molecule has 31 heavy (non-hydrogen) atoms. The third-order valence-electron chi connectivity index (χ3n) is 5.98. The largest absolute Gasteiger partial charge is 0.490 e. The lowest BCUT2D eigenvalue weighted by atomic mass is 10.0. The van der Waals surface area contributed by atoms with E-state index in [1.807, 2.05) is 27.7 Å². The standard InChI is InChI=1S/C22H34N4O5/c1-16-14-19(26(28)29)20(30-5)15-18(16)24-8-6-17(7-9-24)23-10-12-25(13-11-23)21(27)31-22(2,3)4/h14-15,17H,6-13H2,1-5H3. The maximum Gasteiger partial charge on any atom is 0.410 e. The molecule has 172 valence electrons. The second-order valence-corrected chi connectivity index (χ2v) is 9.29. The van der Waals surface area contributed by atoms with E-state index in [0.717, 1.165) is 50.3 Å². The van der Waals surface area contributed by atoms with Crippen LogP contribution in [0.1, 0.15) is 39.2 Å². The van der Waals surface area contributed by atoms with E-state index in [2.05, 4.69) is 9.80 Å². The molecule has 0 saturated carbocycles. The highest BCUT2D eigenvalue weighted by Gasteiger charge is 2.31. The third-order valence-corrected chi connectivity index (χ3v) is 5.98. The van der Waals surface area contributed by atoms with Gasteiger partial charge in [0.1, 0.15) is 5.60 Å². The van der Waals surface area contributed by atoms with Crippen LogP contribution in [0, 0.1) is 17.0 Å². The number of amides is 1. The lowest BCUT2D eigenvalue weighted by Gasteiger charge is -2.43. The lowest BCUT2D eigenvalue weighted by molar-refractivity contribution is -0.385. The van der Waals surface area contributed by atoms with Gasteiger partial charge in [0.05, 0.1) is 12.0 Å². The number of methoxy groups -OCH3 is 1. The van der Waals surface area contributed by atoms with E-state index >= 15 is 0 Å². The summed E-state index contributed by atoms with van der Waals surface area (Å²) in [5, 5.41) is 11.2. The number of carbonyl (C=O) groups excluding carboxylic acids is 1. The predicted molar refractivity (Wildman–Crippen MR) is 119 cm³/mol. The first kappa shape index (κ1) is 23.1. The van der Waals surface area contributed by atoms with Crippen molar-refractivity contribution in [3.8, 4) is 5.75 Å². The molecule has 3 rings (SSSR count). The molecule has 9 heteroatoms. The number of aryl methyl sites for hydroxylation is 1. The average molecular weight is 435 g/mol. The summed E-state index contributed by atoms with van der Waals surface area (Å²) in [5.41, 5.74) is 1.41. The van der Waals surface area contributed by atoms with Crippen molar-refractivity contribution in [3.63, 3.8) is 0 Å². The van der Waals surface area contributed by atoms with Gasteiger partial charge in [-0.2, -0.15) is 0 Å². The Hall–Kier alpha value is -2.55. The van der Waals surface area contributed by atoms with Crippen molar-refractivity contribution in [2.24, 2.45) is 0 Å². The fourth-order valence-corrected chi connectivity index (χ4v) is 4.38. The fourth-order valence-electron chi connectivity index (χ4n) is 4.38. The van der Waals surface area contributed by atoms with E-state index in [9.17, 15) is 14.9 Å². The number of benzene rings is 1. The molecule has 1 amide bonds. The Morgan fingerprint density at radius 2 is 1.71 bits per heavy atom. The summed E-state index contributed by atoms with van der Waals surface area (Å²) < 4.78 is 10.7. The monoisotopic (exact) mass is 434 g/mol. The summed E-state index contributed by atoms with van der Waals surface area (Å²) in [7, 11) is 1.46. The van der Waals surface area contributed by atoms with Gasteiger partial charge in [0.2, 0.25) is 0 Å². The van der Waals surface area contributed by atoms with Crippen LogP contribution >= 0.6 is 0 Å². The summed E-state index contributed by atoms with van der Waals surface area (Å²) >= 11 is 0. The van der Waals surface area contributed by atoms with Crippen LogP contribution in [0.4, 0.5) is 16.2 Å². The minimum Gasteiger partial charge on any atom is -0.490 e. The van der Waals surface area contributed by atoms with E-state index in [4.69, 9.17) is 9.47 Å². The number of piperazine rings is 1. The number of nitro benzene ring substituents is 1. The average Bonchev–Trinajstić information content (AvgIpc) is 2.72. The second-order valence-electron chi connectivity index (χ2n) is 9.29. The zero-order valence-corrected chi connectivity index (χ0v) is 19.2. The van der Waals surface area contributed by atoms with Gasteiger partial charge in [-0.05, 0) is 46.1 Å². The molecule has 2 aliphatic heterocycles. The van der Waals surface area contributed by atoms with Crippen LogP contribution in [0.15, 0.2) is 12.1 Å². The number of piperidine rings is 1. The minimum absolute atomic E-state index is 0.00138. The van der Waals surface area contributed by atoms with E-state index in [-0.39, 0.29) is 11.8 Å². The van der Waals surface area contributed by atoms with E-state index in [1.54, 1.807) is 17.0 Å². The van der Waals surface area contributed by atoms with E-state index in [0.29, 0.717) is 24.9 Å². The molecule has 0 N–H and O–H groups in total. The molecular formula is C22H34N4O5. The number of hydrogen-bond acceptors (Lipinski definition) is 7. The first-order valence-corrected chi connectivity index (χ1v) is 10.9. The number of nitrogens with zero attached hydrogens (tertiary/aromatic N) is 4. The summed E-state index contributed by atoms with van der Waals surface area (Å²) in [6.45, 7) is 12.4. The minimum atomic E-state index is -0.472. The van der Waals surface area contributed by atoms with Crippen molar-refractivity contribution in [2.75, 3.05) is 51.3 Å². The van der Waals surface area contributed by atoms with Gasteiger partial charge in [-0.3, -0.25) is 15.0 Å². The van der Waals surface area contributed by atoms with Gasteiger partial charge in [0, 0.05) is 63.1 Å². The molecule has 0 spiro atoms. The SMILES string of the molecule is COc1cc(N2CCC(N3CCN(C(=O)OC(C)(C)C)CC3)CC2)c(C)cc1[N+](=O)[O-]. The predicted octanol–water partition coefficient (Wildman–Crippen LogP) is 3.43. The Kier molecular flexibility index (Phi) is 6.93. The number of hydrogen-bond donors (Lipinski definition) is 0. The maximum atomic E-state index is 12.3. The quantitative estimate of drug-likeness (QED) is 0.530. The van der Waals surface area contributed by atoms with Crippen LogP contribution in [0.2, 0.25) is 0 Å². The first-order chi connectivity index (χ1) is 14.6. The van der Waals surface area contributed by atoms with Gasteiger partial charge in [-0.15, -0.1) is 0 Å². The molecule has 0 unspecified atom stereocenters. The molecule has 0 aromatic heterocycles. The highest BCUT2D eigenvalue weighted by molar-refractivity contribution is 5.68. The number of rotatable bonds is 4. The molecule has 2 aliphatic rings. The molecule has 0 aliphatic carbocycles. The Morgan fingerprint density at radius 1 is 1.10 bits per heavy atom. The van der Waals surface area contributed by atoms with Crippen LogP contribution in [0.25, 0.3) is 0 Å². The van der Waals surface area contributed by atoms with Gasteiger partial charge in [-0.25, -0.2) is 4.79 Å². The smallest absolute Gasteiger partial charge is 0.410 e. The molecule has 0 radical (unpaired) electrons. The Balaban J connectivity index is 1.55. The van der Waals surface area contributed by atoms with Crippen molar-refractivity contribution >= 4 is 17.5 Å². The van der Waals surface area contributed by atoms with Gasteiger partial charge in [-0.1, -0.05) is 0 Å². The topological polar surface area (TPSA) is 88.4 Å². The Labute approximate surface area is 184 Å². The summed E-state index contributed by atoms with van der Waals surface area (Å²) in [5.74, 6) is 0.297. The number of nitro groups is 1. The lowest BCUT2D eigenvalue weighted by Crippen LogP contribution is -2.55. The van der Waals surface area contributed by atoms with E-state index in [1.165, 1.54) is 7.11 Å². The van der Waals surface area contributed by atoms with Crippen LogP contribution in [-0.2, 0) is 4.74 Å². The number of anilines is 1. The van der Waals surface area contributed by atoms with E-state index < -0.39 is 10.5 Å². The normalized spacial score (nSPS) is 18.7. The fraction of sp³-hybridized carbons (Fsp3) is 0.682. The van der Waals surface area contributed by atoms with Crippen LogP contribution in [0.3, 0.4) is 0 Å². The number of carbonyl (C=O) groups is 1. The first-order valence-electron chi connectivity index (χ1n) is 10.9. The zero-order chi connectivity index (χ0) is 22.8. The Morgan fingerprint density at radius 3 is 2.23 bits per heavy atom. The molecule has 1 aromatic rings.